The highest BCUT2D eigenvalue weighted by molar-refractivity contribution is 7.92. The van der Waals surface area contributed by atoms with Crippen molar-refractivity contribution >= 4 is 21.6 Å². The number of sulfonamides is 1. The highest BCUT2D eigenvalue weighted by Gasteiger charge is 2.29. The summed E-state index contributed by atoms with van der Waals surface area (Å²) in [5.41, 5.74) is 3.57. The van der Waals surface area contributed by atoms with Crippen LogP contribution in [0.1, 0.15) is 33.1 Å². The number of anilines is 1. The molecule has 1 amide bonds. The lowest BCUT2D eigenvalue weighted by atomic mass is 9.96. The van der Waals surface area contributed by atoms with Crippen LogP contribution in [0.5, 0.6) is 0 Å². The SMILES string of the molecule is CS(=O)(=O)N(Cc1ccccc1F)c1ccc(C(=O)N2CCN(C(c3ccccc3)c3ccccc3)CC2)cc1. The van der Waals surface area contributed by atoms with E-state index in [1.807, 2.05) is 17.0 Å². The van der Waals surface area contributed by atoms with Crippen LogP contribution in [-0.4, -0.2) is 56.6 Å². The fourth-order valence-corrected chi connectivity index (χ4v) is 6.08. The molecule has 1 aliphatic heterocycles. The van der Waals surface area contributed by atoms with E-state index in [0.717, 1.165) is 23.7 Å². The van der Waals surface area contributed by atoms with E-state index in [1.165, 1.54) is 17.2 Å². The molecular weight excluding hydrogens is 525 g/mol. The average Bonchev–Trinajstić information content (AvgIpc) is 2.97. The molecule has 206 valence electrons. The second-order valence-electron chi connectivity index (χ2n) is 9.96. The molecule has 40 heavy (non-hydrogen) atoms. The van der Waals surface area contributed by atoms with Gasteiger partial charge in [-0.1, -0.05) is 78.9 Å². The predicted molar refractivity (Wildman–Crippen MR) is 156 cm³/mol. The van der Waals surface area contributed by atoms with Gasteiger partial charge < -0.3 is 4.90 Å². The molecule has 0 spiro atoms. The van der Waals surface area contributed by atoms with Crippen LogP contribution in [0.4, 0.5) is 10.1 Å². The molecule has 0 radical (unpaired) electrons. The molecule has 1 heterocycles. The average molecular weight is 558 g/mol. The molecule has 0 atom stereocenters. The molecule has 8 heteroatoms. The van der Waals surface area contributed by atoms with Crippen molar-refractivity contribution in [3.8, 4) is 0 Å². The van der Waals surface area contributed by atoms with Gasteiger partial charge in [0, 0.05) is 37.3 Å². The standard InChI is InChI=1S/C32H32FN3O3S/c1-40(38,39)36(24-28-14-8-9-15-30(28)33)29-18-16-27(17-19-29)32(37)35-22-20-34(21-23-35)31(25-10-4-2-5-11-25)26-12-6-3-7-13-26/h2-19,31H,20-24H2,1H3. The van der Waals surface area contributed by atoms with E-state index >= 15 is 0 Å². The number of rotatable bonds is 8. The predicted octanol–water partition coefficient (Wildman–Crippen LogP) is 5.34. The molecule has 0 aromatic heterocycles. The highest BCUT2D eigenvalue weighted by atomic mass is 32.2. The van der Waals surface area contributed by atoms with Gasteiger partial charge in [-0.05, 0) is 41.5 Å². The van der Waals surface area contributed by atoms with E-state index in [9.17, 15) is 17.6 Å². The minimum absolute atomic E-state index is 0.0952. The summed E-state index contributed by atoms with van der Waals surface area (Å²) in [4.78, 5) is 17.6. The first kappa shape index (κ1) is 27.6. The molecule has 0 bridgehead atoms. The molecular formula is C32H32FN3O3S. The summed E-state index contributed by atoms with van der Waals surface area (Å²) in [7, 11) is -3.68. The molecule has 1 aliphatic rings. The Labute approximate surface area is 235 Å². The van der Waals surface area contributed by atoms with Gasteiger partial charge in [-0.15, -0.1) is 0 Å². The van der Waals surface area contributed by atoms with Crippen LogP contribution in [0.3, 0.4) is 0 Å². The lowest BCUT2D eigenvalue weighted by Gasteiger charge is -2.39. The van der Waals surface area contributed by atoms with Gasteiger partial charge >= 0.3 is 0 Å². The lowest BCUT2D eigenvalue weighted by molar-refractivity contribution is 0.0597. The number of benzene rings is 4. The Bertz CT molecular complexity index is 1500. The quantitative estimate of drug-likeness (QED) is 0.294. The Morgan fingerprint density at radius 1 is 0.775 bits per heavy atom. The van der Waals surface area contributed by atoms with E-state index in [4.69, 9.17) is 0 Å². The molecule has 0 saturated carbocycles. The van der Waals surface area contributed by atoms with Crippen LogP contribution in [0.2, 0.25) is 0 Å². The summed E-state index contributed by atoms with van der Waals surface area (Å²) in [6, 6.07) is 33.5. The Hall–Kier alpha value is -4.01. The second kappa shape index (κ2) is 12.0. The minimum Gasteiger partial charge on any atom is -0.336 e. The van der Waals surface area contributed by atoms with Crippen molar-refractivity contribution in [2.45, 2.75) is 12.6 Å². The lowest BCUT2D eigenvalue weighted by Crippen LogP contribution is -2.49. The summed E-state index contributed by atoms with van der Waals surface area (Å²) in [6.45, 7) is 2.48. The van der Waals surface area contributed by atoms with Crippen molar-refractivity contribution in [1.29, 1.82) is 0 Å². The molecule has 0 unspecified atom stereocenters. The van der Waals surface area contributed by atoms with E-state index < -0.39 is 15.8 Å². The normalized spacial score (nSPS) is 14.3. The van der Waals surface area contributed by atoms with Crippen molar-refractivity contribution in [1.82, 2.24) is 9.80 Å². The Morgan fingerprint density at radius 3 is 1.82 bits per heavy atom. The third-order valence-electron chi connectivity index (χ3n) is 7.27. The Kier molecular flexibility index (Phi) is 8.28. The Morgan fingerprint density at radius 2 is 1.30 bits per heavy atom. The molecule has 1 saturated heterocycles. The van der Waals surface area contributed by atoms with Crippen molar-refractivity contribution in [3.05, 3.63) is 137 Å². The number of nitrogens with zero attached hydrogens (tertiary/aromatic N) is 3. The number of hydrogen-bond donors (Lipinski definition) is 0. The van der Waals surface area contributed by atoms with E-state index in [0.29, 0.717) is 24.3 Å². The van der Waals surface area contributed by atoms with E-state index in [2.05, 4.69) is 53.4 Å². The zero-order chi connectivity index (χ0) is 28.1. The molecule has 4 aromatic carbocycles. The summed E-state index contributed by atoms with van der Waals surface area (Å²) in [5.74, 6) is -0.564. The molecule has 4 aromatic rings. The summed E-state index contributed by atoms with van der Waals surface area (Å²) in [6.07, 6.45) is 1.09. The Balaban J connectivity index is 1.28. The van der Waals surface area contributed by atoms with Gasteiger partial charge in [-0.3, -0.25) is 14.0 Å². The molecule has 0 aliphatic carbocycles. The first-order chi connectivity index (χ1) is 19.3. The van der Waals surface area contributed by atoms with Gasteiger partial charge in [-0.25, -0.2) is 12.8 Å². The summed E-state index contributed by atoms with van der Waals surface area (Å²) in [5, 5.41) is 0. The first-order valence-corrected chi connectivity index (χ1v) is 15.1. The monoisotopic (exact) mass is 557 g/mol. The first-order valence-electron chi connectivity index (χ1n) is 13.3. The zero-order valence-corrected chi connectivity index (χ0v) is 23.2. The molecule has 6 nitrogen and oxygen atoms in total. The number of amides is 1. The van der Waals surface area contributed by atoms with Crippen molar-refractivity contribution in [3.63, 3.8) is 0 Å². The maximum atomic E-state index is 14.2. The van der Waals surface area contributed by atoms with Gasteiger partial charge in [0.2, 0.25) is 10.0 Å². The largest absolute Gasteiger partial charge is 0.336 e. The maximum Gasteiger partial charge on any atom is 0.253 e. The maximum absolute atomic E-state index is 14.2. The van der Waals surface area contributed by atoms with Crippen LogP contribution >= 0.6 is 0 Å². The van der Waals surface area contributed by atoms with E-state index in [1.54, 1.807) is 42.5 Å². The highest BCUT2D eigenvalue weighted by Crippen LogP contribution is 2.30. The van der Waals surface area contributed by atoms with Gasteiger partial charge in [0.1, 0.15) is 5.82 Å². The van der Waals surface area contributed by atoms with Crippen LogP contribution in [0.25, 0.3) is 0 Å². The number of carbonyl (C=O) groups excluding carboxylic acids is 1. The number of halogens is 1. The molecule has 5 rings (SSSR count). The van der Waals surface area contributed by atoms with Crippen molar-refractivity contribution < 1.29 is 17.6 Å². The number of hydrogen-bond acceptors (Lipinski definition) is 4. The third kappa shape index (κ3) is 6.24. The zero-order valence-electron chi connectivity index (χ0n) is 22.4. The van der Waals surface area contributed by atoms with Crippen LogP contribution < -0.4 is 4.31 Å². The van der Waals surface area contributed by atoms with Crippen LogP contribution in [0.15, 0.2) is 109 Å². The second-order valence-corrected chi connectivity index (χ2v) is 11.9. The van der Waals surface area contributed by atoms with Gasteiger partial charge in [0.15, 0.2) is 0 Å². The fourth-order valence-electron chi connectivity index (χ4n) is 5.20. The number of piperazine rings is 1. The van der Waals surface area contributed by atoms with Gasteiger partial charge in [-0.2, -0.15) is 0 Å². The minimum atomic E-state index is -3.68. The summed E-state index contributed by atoms with van der Waals surface area (Å²) < 4.78 is 40.4. The summed E-state index contributed by atoms with van der Waals surface area (Å²) >= 11 is 0. The van der Waals surface area contributed by atoms with E-state index in [-0.39, 0.29) is 24.1 Å². The topological polar surface area (TPSA) is 60.9 Å². The van der Waals surface area contributed by atoms with Crippen LogP contribution in [-0.2, 0) is 16.6 Å². The van der Waals surface area contributed by atoms with Gasteiger partial charge in [0.25, 0.3) is 5.91 Å². The fraction of sp³-hybridized carbons (Fsp3) is 0.219. The number of carbonyl (C=O) groups is 1. The van der Waals surface area contributed by atoms with Crippen LogP contribution in [0, 0.1) is 5.82 Å². The smallest absolute Gasteiger partial charge is 0.253 e. The third-order valence-corrected chi connectivity index (χ3v) is 8.41. The molecule has 0 N–H and O–H groups in total. The molecule has 1 fully saturated rings. The van der Waals surface area contributed by atoms with Gasteiger partial charge in [0.05, 0.1) is 24.5 Å². The van der Waals surface area contributed by atoms with Crippen molar-refractivity contribution in [2.24, 2.45) is 0 Å². The van der Waals surface area contributed by atoms with Crippen molar-refractivity contribution in [2.75, 3.05) is 36.7 Å².